The highest BCUT2D eigenvalue weighted by Gasteiger charge is 2.31. The highest BCUT2D eigenvalue weighted by molar-refractivity contribution is 7.92. The summed E-state index contributed by atoms with van der Waals surface area (Å²) in [5, 5.41) is 0. The molecular weight excluding hydrogens is 647 g/mol. The van der Waals surface area contributed by atoms with E-state index in [1.54, 1.807) is 18.3 Å². The second-order valence-corrected chi connectivity index (χ2v) is 15.0. The first-order valence-electron chi connectivity index (χ1n) is 16.1. The van der Waals surface area contributed by atoms with Crippen LogP contribution in [-0.4, -0.2) is 57.5 Å². The van der Waals surface area contributed by atoms with Crippen LogP contribution >= 0.6 is 0 Å². The number of rotatable bonds is 7. The van der Waals surface area contributed by atoms with E-state index in [2.05, 4.69) is 19.7 Å². The molecule has 49 heavy (non-hydrogen) atoms. The first-order valence-corrected chi connectivity index (χ1v) is 17.6. The maximum absolute atomic E-state index is 15.0. The van der Waals surface area contributed by atoms with E-state index in [1.807, 2.05) is 52.0 Å². The number of furan rings is 1. The van der Waals surface area contributed by atoms with Crippen molar-refractivity contribution in [3.8, 4) is 17.1 Å². The fourth-order valence-corrected chi connectivity index (χ4v) is 6.82. The molecule has 3 aromatic heterocycles. The normalized spacial score (nSPS) is 16.4. The second-order valence-electron chi connectivity index (χ2n) is 13.3. The number of aryl methyl sites for hydroxylation is 2. The number of carbonyl (C=O) groups is 1. The van der Waals surface area contributed by atoms with Crippen molar-refractivity contribution in [2.24, 2.45) is 0 Å². The highest BCUT2D eigenvalue weighted by Crippen LogP contribution is 2.31. The Morgan fingerprint density at radius 1 is 1.04 bits per heavy atom. The molecule has 13 heteroatoms. The molecule has 0 radical (unpaired) electrons. The molecule has 11 nitrogen and oxygen atoms in total. The second kappa shape index (κ2) is 13.2. The van der Waals surface area contributed by atoms with Crippen LogP contribution in [0.5, 0.6) is 5.88 Å². The van der Waals surface area contributed by atoms with Crippen LogP contribution in [0.2, 0.25) is 0 Å². The molecule has 0 fully saturated rings. The number of amides is 1. The molecule has 0 unspecified atom stereocenters. The van der Waals surface area contributed by atoms with Gasteiger partial charge in [0.25, 0.3) is 15.9 Å². The summed E-state index contributed by atoms with van der Waals surface area (Å²) in [6, 6.07) is 14.3. The van der Waals surface area contributed by atoms with Crippen LogP contribution < -0.4 is 9.46 Å². The summed E-state index contributed by atoms with van der Waals surface area (Å²) in [6.45, 7) is 10.8. The van der Waals surface area contributed by atoms with Crippen LogP contribution in [-0.2, 0) is 16.6 Å². The minimum atomic E-state index is -4.23. The molecule has 0 saturated carbocycles. The van der Waals surface area contributed by atoms with Crippen LogP contribution in [0.25, 0.3) is 22.5 Å². The summed E-state index contributed by atoms with van der Waals surface area (Å²) in [7, 11) is -4.23. The third-order valence-electron chi connectivity index (χ3n) is 8.46. The standard InChI is InChI=1S/C36H39FN6O5S/c1-21(2)30-16-29-33(48-30)38-18-25(39-29)19-43-26(13-14-36(5,6)37)20-47-31-17-28(32-22(3)9-7-10-23(32)4)40-35(41-31)42-49(45,46)27-12-8-11-24(15-27)34(43)44/h7-12,15-18,21,26H,13-14,19-20H2,1-6H3,(H,40,41,42)/t26-/m1/s1. The van der Waals surface area contributed by atoms with E-state index >= 15 is 4.39 Å². The van der Waals surface area contributed by atoms with E-state index in [1.165, 1.54) is 36.9 Å². The van der Waals surface area contributed by atoms with E-state index in [4.69, 9.17) is 14.1 Å². The zero-order chi connectivity index (χ0) is 35.1. The largest absolute Gasteiger partial charge is 0.475 e. The van der Waals surface area contributed by atoms with Gasteiger partial charge in [0.15, 0.2) is 0 Å². The number of benzene rings is 2. The molecule has 0 saturated heterocycles. The highest BCUT2D eigenvalue weighted by atomic mass is 32.2. The number of alkyl halides is 1. The van der Waals surface area contributed by atoms with Crippen molar-refractivity contribution in [3.63, 3.8) is 0 Å². The van der Waals surface area contributed by atoms with Gasteiger partial charge >= 0.3 is 0 Å². The zero-order valence-electron chi connectivity index (χ0n) is 28.3. The molecule has 1 atom stereocenters. The SMILES string of the molecule is Cc1cccc(C)c1-c1cc2nc(n1)NS(=O)(=O)c1cccc(c1)C(=O)N(Cc1cnc3oc(C(C)C)cc3n1)[C@H](CCC(C)(C)F)CO2. The average Bonchev–Trinajstić information content (AvgIpc) is 3.47. The number of ether oxygens (including phenoxy) is 1. The van der Waals surface area contributed by atoms with Gasteiger partial charge in [-0.1, -0.05) is 38.1 Å². The fourth-order valence-electron chi connectivity index (χ4n) is 5.83. The summed E-state index contributed by atoms with van der Waals surface area (Å²) < 4.78 is 56.9. The van der Waals surface area contributed by atoms with Gasteiger partial charge in [-0.3, -0.25) is 4.79 Å². The maximum atomic E-state index is 15.0. The molecule has 256 valence electrons. The van der Waals surface area contributed by atoms with E-state index in [-0.39, 0.29) is 54.2 Å². The van der Waals surface area contributed by atoms with Crippen LogP contribution in [0.15, 0.2) is 70.1 Å². The number of anilines is 1. The van der Waals surface area contributed by atoms with Crippen molar-refractivity contribution in [1.29, 1.82) is 0 Å². The average molecular weight is 687 g/mol. The van der Waals surface area contributed by atoms with E-state index in [0.29, 0.717) is 22.6 Å². The molecule has 1 aliphatic rings. The molecule has 0 spiro atoms. The van der Waals surface area contributed by atoms with E-state index < -0.39 is 27.6 Å². The first kappa shape index (κ1) is 34.0. The van der Waals surface area contributed by atoms with Crippen molar-refractivity contribution < 1.29 is 26.8 Å². The van der Waals surface area contributed by atoms with Gasteiger partial charge in [0.05, 0.1) is 35.1 Å². The van der Waals surface area contributed by atoms with Crippen molar-refractivity contribution in [3.05, 3.63) is 88.9 Å². The number of aromatic nitrogens is 4. The number of halogens is 1. The maximum Gasteiger partial charge on any atom is 0.264 e. The van der Waals surface area contributed by atoms with Crippen LogP contribution in [0.3, 0.4) is 0 Å². The van der Waals surface area contributed by atoms with Crippen LogP contribution in [0, 0.1) is 13.8 Å². The van der Waals surface area contributed by atoms with Gasteiger partial charge in [-0.25, -0.2) is 32.5 Å². The number of fused-ring (bicyclic) bond motifs is 5. The Labute approximate surface area is 285 Å². The number of sulfonamides is 1. The number of carbonyl (C=O) groups excluding carboxylic acids is 1. The number of hydrogen-bond donors (Lipinski definition) is 1. The lowest BCUT2D eigenvalue weighted by molar-refractivity contribution is 0.0532. The lowest BCUT2D eigenvalue weighted by atomic mass is 9.99. The lowest BCUT2D eigenvalue weighted by Gasteiger charge is -2.33. The summed E-state index contributed by atoms with van der Waals surface area (Å²) in [5.41, 5.74) is 3.11. The Morgan fingerprint density at radius 3 is 2.49 bits per heavy atom. The van der Waals surface area contributed by atoms with Crippen molar-refractivity contribution in [1.82, 2.24) is 24.8 Å². The van der Waals surface area contributed by atoms with Gasteiger partial charge in [0.2, 0.25) is 17.5 Å². The van der Waals surface area contributed by atoms with E-state index in [0.717, 1.165) is 22.5 Å². The Kier molecular flexibility index (Phi) is 9.14. The molecule has 4 bridgehead atoms. The molecule has 6 rings (SSSR count). The van der Waals surface area contributed by atoms with Gasteiger partial charge in [0.1, 0.15) is 23.6 Å². The zero-order valence-corrected chi connectivity index (χ0v) is 29.1. The predicted molar refractivity (Wildman–Crippen MR) is 184 cm³/mol. The summed E-state index contributed by atoms with van der Waals surface area (Å²) >= 11 is 0. The fraction of sp³-hybridized carbons (Fsp3) is 0.361. The first-order chi connectivity index (χ1) is 23.2. The van der Waals surface area contributed by atoms with E-state index in [9.17, 15) is 13.2 Å². The monoisotopic (exact) mass is 686 g/mol. The van der Waals surface area contributed by atoms with Gasteiger partial charge < -0.3 is 14.1 Å². The molecule has 0 aliphatic carbocycles. The topological polar surface area (TPSA) is 140 Å². The van der Waals surface area contributed by atoms with Gasteiger partial charge in [-0.05, 0) is 69.9 Å². The number of nitrogens with one attached hydrogen (secondary N) is 1. The quantitative estimate of drug-likeness (QED) is 0.189. The molecule has 1 N–H and O–H groups in total. The predicted octanol–water partition coefficient (Wildman–Crippen LogP) is 7.15. The number of hydrogen-bond acceptors (Lipinski definition) is 9. The molecule has 4 heterocycles. The summed E-state index contributed by atoms with van der Waals surface area (Å²) in [6.07, 6.45) is 1.89. The van der Waals surface area contributed by atoms with Gasteiger partial charge in [0, 0.05) is 29.2 Å². The minimum Gasteiger partial charge on any atom is -0.475 e. The molecule has 2 aromatic carbocycles. The third kappa shape index (κ3) is 7.56. The summed E-state index contributed by atoms with van der Waals surface area (Å²) in [5.74, 6) is 0.287. The molecular formula is C36H39FN6O5S. The molecule has 5 aromatic rings. The van der Waals surface area contributed by atoms with Crippen LogP contribution in [0.1, 0.15) is 79.4 Å². The number of nitrogens with zero attached hydrogens (tertiary/aromatic N) is 5. The Morgan fingerprint density at radius 2 is 1.78 bits per heavy atom. The Hall–Kier alpha value is -4.91. The Bertz CT molecular complexity index is 2120. The molecule has 1 aliphatic heterocycles. The van der Waals surface area contributed by atoms with Crippen molar-refractivity contribution in [2.45, 2.75) is 83.5 Å². The van der Waals surface area contributed by atoms with Crippen molar-refractivity contribution in [2.75, 3.05) is 11.3 Å². The minimum absolute atomic E-state index is 0.0113. The van der Waals surface area contributed by atoms with Gasteiger partial charge in [-0.15, -0.1) is 0 Å². The van der Waals surface area contributed by atoms with Crippen LogP contribution in [0.4, 0.5) is 10.3 Å². The van der Waals surface area contributed by atoms with Crippen molar-refractivity contribution >= 4 is 33.1 Å². The van der Waals surface area contributed by atoms with Gasteiger partial charge in [-0.2, -0.15) is 4.98 Å². The smallest absolute Gasteiger partial charge is 0.264 e. The third-order valence-corrected chi connectivity index (χ3v) is 9.79. The lowest BCUT2D eigenvalue weighted by Crippen LogP contribution is -2.44. The Balaban J connectivity index is 1.48. The summed E-state index contributed by atoms with van der Waals surface area (Å²) in [4.78, 5) is 33.9. The molecule has 1 amide bonds.